The summed E-state index contributed by atoms with van der Waals surface area (Å²) in [5, 5.41) is 3.40. The van der Waals surface area contributed by atoms with Crippen LogP contribution in [0.3, 0.4) is 0 Å². The number of ether oxygens (including phenoxy) is 2. The summed E-state index contributed by atoms with van der Waals surface area (Å²) in [5.74, 6) is 1.78. The van der Waals surface area contributed by atoms with Crippen LogP contribution < -0.4 is 14.8 Å². The Morgan fingerprint density at radius 1 is 0.944 bits per heavy atom. The number of rotatable bonds is 10. The Hall–Kier alpha value is -1.22. The summed E-state index contributed by atoms with van der Waals surface area (Å²) in [6.07, 6.45) is 4.76. The first-order valence-electron chi connectivity index (χ1n) is 6.84. The fraction of sp³-hybridized carbons (Fsp3) is 0.600. The molecule has 3 heteroatoms. The highest BCUT2D eigenvalue weighted by Crippen LogP contribution is 2.17. The van der Waals surface area contributed by atoms with Gasteiger partial charge < -0.3 is 14.8 Å². The van der Waals surface area contributed by atoms with Crippen molar-refractivity contribution in [3.8, 4) is 11.5 Å². The molecule has 0 saturated heterocycles. The van der Waals surface area contributed by atoms with Crippen molar-refractivity contribution in [1.82, 2.24) is 5.32 Å². The zero-order chi connectivity index (χ0) is 13.1. The van der Waals surface area contributed by atoms with E-state index in [2.05, 4.69) is 12.2 Å². The van der Waals surface area contributed by atoms with Crippen LogP contribution in [-0.2, 0) is 0 Å². The van der Waals surface area contributed by atoms with Crippen LogP contribution in [0.15, 0.2) is 24.3 Å². The second-order valence-corrected chi connectivity index (χ2v) is 4.33. The molecular weight excluding hydrogens is 226 g/mol. The maximum Gasteiger partial charge on any atom is 0.119 e. The molecule has 0 aliphatic carbocycles. The first-order valence-corrected chi connectivity index (χ1v) is 6.84. The van der Waals surface area contributed by atoms with Crippen molar-refractivity contribution < 1.29 is 9.47 Å². The summed E-state index contributed by atoms with van der Waals surface area (Å²) >= 11 is 0. The molecule has 1 aromatic carbocycles. The lowest BCUT2D eigenvalue weighted by molar-refractivity contribution is 0.304. The minimum atomic E-state index is 0.792. The van der Waals surface area contributed by atoms with E-state index in [1.807, 2.05) is 24.3 Å². The Kier molecular flexibility index (Phi) is 8.06. The highest BCUT2D eigenvalue weighted by Gasteiger charge is 1.95. The molecule has 0 atom stereocenters. The molecule has 0 aromatic heterocycles. The van der Waals surface area contributed by atoms with Gasteiger partial charge in [0.05, 0.1) is 13.7 Å². The van der Waals surface area contributed by atoms with Crippen LogP contribution in [0.4, 0.5) is 0 Å². The lowest BCUT2D eigenvalue weighted by atomic mass is 10.2. The van der Waals surface area contributed by atoms with Crippen molar-refractivity contribution in [2.24, 2.45) is 0 Å². The molecule has 0 aliphatic heterocycles. The van der Waals surface area contributed by atoms with E-state index in [0.29, 0.717) is 0 Å². The van der Waals surface area contributed by atoms with Gasteiger partial charge in [-0.15, -0.1) is 0 Å². The molecule has 0 fully saturated rings. The molecular formula is C15H25NO2. The number of benzene rings is 1. The molecule has 0 bridgehead atoms. The Labute approximate surface area is 110 Å². The number of methoxy groups -OCH3 is 1. The lowest BCUT2D eigenvalue weighted by Crippen LogP contribution is -2.15. The topological polar surface area (TPSA) is 30.5 Å². The molecule has 1 N–H and O–H groups in total. The monoisotopic (exact) mass is 251 g/mol. The third kappa shape index (κ3) is 6.50. The summed E-state index contributed by atoms with van der Waals surface area (Å²) < 4.78 is 10.8. The predicted molar refractivity (Wildman–Crippen MR) is 75.5 cm³/mol. The van der Waals surface area contributed by atoms with Gasteiger partial charge in [0.15, 0.2) is 0 Å². The molecule has 0 amide bonds. The van der Waals surface area contributed by atoms with E-state index in [1.54, 1.807) is 7.11 Å². The first kappa shape index (κ1) is 14.8. The number of nitrogens with one attached hydrogen (secondary N) is 1. The second kappa shape index (κ2) is 9.77. The van der Waals surface area contributed by atoms with Gasteiger partial charge in [0.2, 0.25) is 0 Å². The number of unbranched alkanes of at least 4 members (excludes halogenated alkanes) is 2. The quantitative estimate of drug-likeness (QED) is 0.648. The summed E-state index contributed by atoms with van der Waals surface area (Å²) in [7, 11) is 1.67. The zero-order valence-electron chi connectivity index (χ0n) is 11.6. The van der Waals surface area contributed by atoms with Crippen molar-refractivity contribution >= 4 is 0 Å². The molecule has 18 heavy (non-hydrogen) atoms. The molecule has 0 saturated carbocycles. The normalized spacial score (nSPS) is 10.3. The van der Waals surface area contributed by atoms with Crippen LogP contribution in [0, 0.1) is 0 Å². The van der Waals surface area contributed by atoms with E-state index >= 15 is 0 Å². The van der Waals surface area contributed by atoms with Crippen molar-refractivity contribution in [1.29, 1.82) is 0 Å². The van der Waals surface area contributed by atoms with Gasteiger partial charge in [-0.3, -0.25) is 0 Å². The van der Waals surface area contributed by atoms with Crippen LogP contribution in [0.25, 0.3) is 0 Å². The largest absolute Gasteiger partial charge is 0.497 e. The molecule has 102 valence electrons. The van der Waals surface area contributed by atoms with Crippen LogP contribution in [0.5, 0.6) is 11.5 Å². The average Bonchev–Trinajstić information content (AvgIpc) is 2.42. The minimum absolute atomic E-state index is 0.792. The number of hydrogen-bond acceptors (Lipinski definition) is 3. The van der Waals surface area contributed by atoms with Crippen LogP contribution >= 0.6 is 0 Å². The third-order valence-electron chi connectivity index (χ3n) is 2.75. The molecule has 0 unspecified atom stereocenters. The van der Waals surface area contributed by atoms with Crippen LogP contribution in [0.1, 0.15) is 32.6 Å². The molecule has 0 radical (unpaired) electrons. The van der Waals surface area contributed by atoms with Crippen LogP contribution in [-0.4, -0.2) is 26.8 Å². The molecule has 1 aromatic rings. The van der Waals surface area contributed by atoms with Crippen molar-refractivity contribution in [3.63, 3.8) is 0 Å². The maximum absolute atomic E-state index is 5.66. The molecule has 3 nitrogen and oxygen atoms in total. The van der Waals surface area contributed by atoms with Gasteiger partial charge in [-0.2, -0.15) is 0 Å². The summed E-state index contributed by atoms with van der Waals surface area (Å²) in [6.45, 7) is 5.23. The molecule has 1 rings (SSSR count). The second-order valence-electron chi connectivity index (χ2n) is 4.33. The van der Waals surface area contributed by atoms with E-state index in [0.717, 1.165) is 37.6 Å². The summed E-state index contributed by atoms with van der Waals surface area (Å²) in [6, 6.07) is 7.73. The molecule has 0 heterocycles. The smallest absolute Gasteiger partial charge is 0.119 e. The van der Waals surface area contributed by atoms with E-state index in [9.17, 15) is 0 Å². The highest BCUT2D eigenvalue weighted by atomic mass is 16.5. The van der Waals surface area contributed by atoms with Gasteiger partial charge in [0.25, 0.3) is 0 Å². The van der Waals surface area contributed by atoms with Gasteiger partial charge >= 0.3 is 0 Å². The van der Waals surface area contributed by atoms with Gasteiger partial charge in [-0.25, -0.2) is 0 Å². The van der Waals surface area contributed by atoms with Crippen molar-refractivity contribution in [3.05, 3.63) is 24.3 Å². The SMILES string of the molecule is CCCNCCCCCOc1ccc(OC)cc1. The van der Waals surface area contributed by atoms with Crippen molar-refractivity contribution in [2.75, 3.05) is 26.8 Å². The Balaban J connectivity index is 2.00. The molecule has 0 spiro atoms. The predicted octanol–water partition coefficient (Wildman–Crippen LogP) is 3.24. The summed E-state index contributed by atoms with van der Waals surface area (Å²) in [5.41, 5.74) is 0. The molecule has 0 aliphatic rings. The zero-order valence-corrected chi connectivity index (χ0v) is 11.6. The van der Waals surface area contributed by atoms with E-state index in [4.69, 9.17) is 9.47 Å². The first-order chi connectivity index (χ1) is 8.86. The average molecular weight is 251 g/mol. The van der Waals surface area contributed by atoms with Crippen LogP contribution in [0.2, 0.25) is 0 Å². The standard InChI is InChI=1S/C15H25NO2/c1-3-11-16-12-5-4-6-13-18-15-9-7-14(17-2)8-10-15/h7-10,16H,3-6,11-13H2,1-2H3. The van der Waals surface area contributed by atoms with Gasteiger partial charge in [0, 0.05) is 0 Å². The van der Waals surface area contributed by atoms with Gasteiger partial charge in [-0.05, 0) is 63.0 Å². The van der Waals surface area contributed by atoms with Gasteiger partial charge in [-0.1, -0.05) is 6.92 Å². The van der Waals surface area contributed by atoms with Gasteiger partial charge in [0.1, 0.15) is 11.5 Å². The Morgan fingerprint density at radius 3 is 2.33 bits per heavy atom. The fourth-order valence-corrected chi connectivity index (χ4v) is 1.69. The Bertz CT molecular complexity index is 298. The van der Waals surface area contributed by atoms with E-state index < -0.39 is 0 Å². The Morgan fingerprint density at radius 2 is 1.67 bits per heavy atom. The maximum atomic E-state index is 5.66. The third-order valence-corrected chi connectivity index (χ3v) is 2.75. The lowest BCUT2D eigenvalue weighted by Gasteiger charge is -2.07. The minimum Gasteiger partial charge on any atom is -0.497 e. The van der Waals surface area contributed by atoms with Crippen molar-refractivity contribution in [2.45, 2.75) is 32.6 Å². The highest BCUT2D eigenvalue weighted by molar-refractivity contribution is 5.31. The van der Waals surface area contributed by atoms with E-state index in [1.165, 1.54) is 19.3 Å². The van der Waals surface area contributed by atoms with E-state index in [-0.39, 0.29) is 0 Å². The summed E-state index contributed by atoms with van der Waals surface area (Å²) in [4.78, 5) is 0. The fourth-order valence-electron chi connectivity index (χ4n) is 1.69. The number of hydrogen-bond donors (Lipinski definition) is 1.